The van der Waals surface area contributed by atoms with E-state index in [1.807, 2.05) is 6.07 Å². The molecule has 1 amide bonds. The number of amides is 1. The van der Waals surface area contributed by atoms with Crippen LogP contribution >= 0.6 is 0 Å². The molecular formula is C12H11N3O2. The molecule has 1 heterocycles. The van der Waals surface area contributed by atoms with E-state index in [1.165, 1.54) is 5.01 Å². The van der Waals surface area contributed by atoms with Crippen molar-refractivity contribution in [3.8, 4) is 11.8 Å². The lowest BCUT2D eigenvalue weighted by Gasteiger charge is -2.11. The van der Waals surface area contributed by atoms with Crippen LogP contribution in [0.25, 0.3) is 0 Å². The molecule has 86 valence electrons. The number of ether oxygens (including phenoxy) is 1. The molecule has 0 fully saturated rings. The third kappa shape index (κ3) is 2.26. The van der Waals surface area contributed by atoms with Gasteiger partial charge in [0.25, 0.3) is 5.91 Å². The SMILES string of the molecule is COc1ccc(N2N=C(CC#N)CC2=O)cc1. The average Bonchev–Trinajstić information content (AvgIpc) is 2.71. The zero-order chi connectivity index (χ0) is 12.3. The van der Waals surface area contributed by atoms with Crippen molar-refractivity contribution in [2.24, 2.45) is 5.10 Å². The number of carbonyl (C=O) groups excluding carboxylic acids is 1. The molecule has 0 N–H and O–H groups in total. The maximum atomic E-state index is 11.7. The third-order valence-electron chi connectivity index (χ3n) is 2.43. The van der Waals surface area contributed by atoms with Crippen molar-refractivity contribution >= 4 is 17.3 Å². The molecule has 1 aliphatic rings. The number of hydrogen-bond donors (Lipinski definition) is 0. The van der Waals surface area contributed by atoms with Crippen molar-refractivity contribution in [1.29, 1.82) is 5.26 Å². The van der Waals surface area contributed by atoms with Gasteiger partial charge in [0.1, 0.15) is 5.75 Å². The van der Waals surface area contributed by atoms with E-state index in [0.29, 0.717) is 11.4 Å². The minimum atomic E-state index is -0.111. The molecule has 0 atom stereocenters. The van der Waals surface area contributed by atoms with Crippen LogP contribution in [0.5, 0.6) is 5.75 Å². The molecule has 0 unspecified atom stereocenters. The fourth-order valence-corrected chi connectivity index (χ4v) is 1.60. The van der Waals surface area contributed by atoms with E-state index < -0.39 is 0 Å². The predicted molar refractivity (Wildman–Crippen MR) is 62.8 cm³/mol. The van der Waals surface area contributed by atoms with Crippen LogP contribution in [0.1, 0.15) is 12.8 Å². The lowest BCUT2D eigenvalue weighted by molar-refractivity contribution is -0.116. The monoisotopic (exact) mass is 229 g/mol. The molecule has 2 rings (SSSR count). The molecule has 1 aromatic carbocycles. The highest BCUT2D eigenvalue weighted by molar-refractivity contribution is 6.13. The second-order valence-electron chi connectivity index (χ2n) is 3.58. The van der Waals surface area contributed by atoms with E-state index in [0.717, 1.165) is 5.75 Å². The van der Waals surface area contributed by atoms with Gasteiger partial charge in [-0.25, -0.2) is 5.01 Å². The van der Waals surface area contributed by atoms with Gasteiger partial charge in [-0.1, -0.05) is 0 Å². The summed E-state index contributed by atoms with van der Waals surface area (Å²) in [6, 6.07) is 9.04. The summed E-state index contributed by atoms with van der Waals surface area (Å²) in [5.41, 5.74) is 1.29. The summed E-state index contributed by atoms with van der Waals surface area (Å²) in [6.45, 7) is 0. The first-order valence-corrected chi connectivity index (χ1v) is 5.15. The highest BCUT2D eigenvalue weighted by Gasteiger charge is 2.24. The summed E-state index contributed by atoms with van der Waals surface area (Å²) < 4.78 is 5.04. The Balaban J connectivity index is 2.22. The molecule has 5 nitrogen and oxygen atoms in total. The van der Waals surface area contributed by atoms with Gasteiger partial charge in [0.15, 0.2) is 0 Å². The summed E-state index contributed by atoms with van der Waals surface area (Å²) in [4.78, 5) is 11.7. The van der Waals surface area contributed by atoms with Crippen LogP contribution < -0.4 is 9.75 Å². The number of benzene rings is 1. The first-order chi connectivity index (χ1) is 8.24. The normalized spacial score (nSPS) is 14.5. The van der Waals surface area contributed by atoms with Gasteiger partial charge in [-0.2, -0.15) is 10.4 Å². The predicted octanol–water partition coefficient (Wildman–Crippen LogP) is 1.70. The van der Waals surface area contributed by atoms with Crippen LogP contribution in [0.3, 0.4) is 0 Å². The molecule has 0 saturated heterocycles. The van der Waals surface area contributed by atoms with E-state index in [2.05, 4.69) is 5.10 Å². The van der Waals surface area contributed by atoms with Crippen LogP contribution in [0.2, 0.25) is 0 Å². The highest BCUT2D eigenvalue weighted by Crippen LogP contribution is 2.23. The third-order valence-corrected chi connectivity index (χ3v) is 2.43. The quantitative estimate of drug-likeness (QED) is 0.792. The van der Waals surface area contributed by atoms with Gasteiger partial charge >= 0.3 is 0 Å². The van der Waals surface area contributed by atoms with Crippen LogP contribution in [0.15, 0.2) is 29.4 Å². The molecule has 0 radical (unpaired) electrons. The fraction of sp³-hybridized carbons (Fsp3) is 0.250. The number of carbonyl (C=O) groups is 1. The van der Waals surface area contributed by atoms with Crippen molar-refractivity contribution in [3.63, 3.8) is 0 Å². The Hall–Kier alpha value is -2.35. The Morgan fingerprint density at radius 3 is 2.76 bits per heavy atom. The average molecular weight is 229 g/mol. The number of nitrogens with zero attached hydrogens (tertiary/aromatic N) is 3. The zero-order valence-corrected chi connectivity index (χ0v) is 9.38. The van der Waals surface area contributed by atoms with Gasteiger partial charge < -0.3 is 4.74 Å². The van der Waals surface area contributed by atoms with Crippen molar-refractivity contribution in [2.75, 3.05) is 12.1 Å². The summed E-state index contributed by atoms with van der Waals surface area (Å²) in [5, 5.41) is 14.0. The number of rotatable bonds is 3. The van der Waals surface area contributed by atoms with Crippen molar-refractivity contribution < 1.29 is 9.53 Å². The fourth-order valence-electron chi connectivity index (χ4n) is 1.60. The molecule has 0 aromatic heterocycles. The van der Waals surface area contributed by atoms with E-state index in [4.69, 9.17) is 10.00 Å². The first kappa shape index (κ1) is 11.1. The lowest BCUT2D eigenvalue weighted by atomic mass is 10.2. The van der Waals surface area contributed by atoms with Gasteiger partial charge in [-0.15, -0.1) is 0 Å². The Morgan fingerprint density at radius 2 is 2.18 bits per heavy atom. The minimum Gasteiger partial charge on any atom is -0.497 e. The summed E-state index contributed by atoms with van der Waals surface area (Å²) in [7, 11) is 1.58. The number of hydrogen-bond acceptors (Lipinski definition) is 4. The molecule has 0 saturated carbocycles. The van der Waals surface area contributed by atoms with E-state index in [9.17, 15) is 4.79 Å². The topological polar surface area (TPSA) is 65.7 Å². The first-order valence-electron chi connectivity index (χ1n) is 5.15. The molecule has 0 bridgehead atoms. The van der Waals surface area contributed by atoms with E-state index in [-0.39, 0.29) is 18.7 Å². The molecule has 17 heavy (non-hydrogen) atoms. The maximum absolute atomic E-state index is 11.7. The maximum Gasteiger partial charge on any atom is 0.253 e. The zero-order valence-electron chi connectivity index (χ0n) is 9.38. The Morgan fingerprint density at radius 1 is 1.47 bits per heavy atom. The number of nitriles is 1. The van der Waals surface area contributed by atoms with Crippen LogP contribution in [0, 0.1) is 11.3 Å². The van der Waals surface area contributed by atoms with E-state index >= 15 is 0 Å². The Kier molecular flexibility index (Phi) is 3.06. The Bertz CT molecular complexity index is 499. The molecule has 1 aliphatic heterocycles. The van der Waals surface area contributed by atoms with Crippen molar-refractivity contribution in [3.05, 3.63) is 24.3 Å². The molecule has 0 spiro atoms. The standard InChI is InChI=1S/C12H11N3O2/c1-17-11-4-2-10(3-5-11)15-12(16)8-9(14-15)6-7-13/h2-5H,6,8H2,1H3. The summed E-state index contributed by atoms with van der Waals surface area (Å²) in [5.74, 6) is 0.613. The van der Waals surface area contributed by atoms with Crippen LogP contribution in [-0.4, -0.2) is 18.7 Å². The van der Waals surface area contributed by atoms with Crippen LogP contribution in [0.4, 0.5) is 5.69 Å². The van der Waals surface area contributed by atoms with Gasteiger partial charge in [0, 0.05) is 0 Å². The largest absolute Gasteiger partial charge is 0.497 e. The van der Waals surface area contributed by atoms with Gasteiger partial charge in [0.2, 0.25) is 0 Å². The number of methoxy groups -OCH3 is 1. The van der Waals surface area contributed by atoms with Gasteiger partial charge in [0.05, 0.1) is 37.4 Å². The Labute approximate surface area is 98.9 Å². The lowest BCUT2D eigenvalue weighted by Crippen LogP contribution is -2.19. The van der Waals surface area contributed by atoms with Crippen LogP contribution in [-0.2, 0) is 4.79 Å². The van der Waals surface area contributed by atoms with E-state index in [1.54, 1.807) is 31.4 Å². The summed E-state index contributed by atoms with van der Waals surface area (Å²) in [6.07, 6.45) is 0.415. The summed E-state index contributed by atoms with van der Waals surface area (Å²) >= 11 is 0. The molecule has 0 aliphatic carbocycles. The van der Waals surface area contributed by atoms with Crippen molar-refractivity contribution in [2.45, 2.75) is 12.8 Å². The smallest absolute Gasteiger partial charge is 0.253 e. The molecule has 1 aromatic rings. The second-order valence-corrected chi connectivity index (χ2v) is 3.58. The minimum absolute atomic E-state index is 0.111. The van der Waals surface area contributed by atoms with Gasteiger partial charge in [-0.05, 0) is 24.3 Å². The second kappa shape index (κ2) is 4.66. The van der Waals surface area contributed by atoms with Gasteiger partial charge in [-0.3, -0.25) is 4.79 Å². The number of anilines is 1. The number of hydrazone groups is 1. The molecular weight excluding hydrogens is 218 g/mol. The van der Waals surface area contributed by atoms with Crippen molar-refractivity contribution in [1.82, 2.24) is 0 Å². The highest BCUT2D eigenvalue weighted by atomic mass is 16.5. The molecule has 5 heteroatoms.